The third-order valence-electron chi connectivity index (χ3n) is 5.20. The van der Waals surface area contributed by atoms with E-state index < -0.39 is 5.97 Å². The van der Waals surface area contributed by atoms with E-state index in [0.29, 0.717) is 12.4 Å². The van der Waals surface area contributed by atoms with Crippen molar-refractivity contribution in [1.82, 2.24) is 0 Å². The summed E-state index contributed by atoms with van der Waals surface area (Å²) in [6.07, 6.45) is 0.733. The van der Waals surface area contributed by atoms with E-state index in [9.17, 15) is 9.90 Å². The van der Waals surface area contributed by atoms with Crippen LogP contribution in [-0.2, 0) is 13.0 Å². The molecule has 4 rings (SSSR count). The van der Waals surface area contributed by atoms with Crippen molar-refractivity contribution >= 4 is 16.7 Å². The van der Waals surface area contributed by atoms with Crippen LogP contribution in [0.1, 0.15) is 32.6 Å². The summed E-state index contributed by atoms with van der Waals surface area (Å²) in [6, 6.07) is 27.7. The van der Waals surface area contributed by atoms with Gasteiger partial charge in [-0.15, -0.1) is 0 Å². The van der Waals surface area contributed by atoms with Gasteiger partial charge in [0.25, 0.3) is 0 Å². The quantitative estimate of drug-likeness (QED) is 0.444. The number of hydrogen-bond acceptors (Lipinski definition) is 2. The number of ether oxygens (including phenoxy) is 1. The number of benzene rings is 4. The molecule has 0 unspecified atom stereocenters. The summed E-state index contributed by atoms with van der Waals surface area (Å²) in [5.41, 5.74) is 4.67. The number of rotatable bonds is 6. The number of hydrogen-bond donors (Lipinski definition) is 1. The first-order chi connectivity index (χ1) is 14.1. The van der Waals surface area contributed by atoms with Gasteiger partial charge in [0.15, 0.2) is 0 Å². The molecule has 4 aromatic carbocycles. The van der Waals surface area contributed by atoms with Gasteiger partial charge in [-0.25, -0.2) is 4.79 Å². The lowest BCUT2D eigenvalue weighted by Crippen LogP contribution is -2.05. The highest BCUT2D eigenvalue weighted by Crippen LogP contribution is 2.26. The van der Waals surface area contributed by atoms with Crippen LogP contribution >= 0.6 is 0 Å². The smallest absolute Gasteiger partial charge is 0.339 e. The fourth-order valence-electron chi connectivity index (χ4n) is 3.58. The molecule has 0 radical (unpaired) electrons. The number of aromatic carboxylic acids is 1. The molecule has 29 heavy (non-hydrogen) atoms. The van der Waals surface area contributed by atoms with Gasteiger partial charge < -0.3 is 9.84 Å². The maximum absolute atomic E-state index is 11.7. The molecule has 0 aromatic heterocycles. The van der Waals surface area contributed by atoms with E-state index >= 15 is 0 Å². The predicted octanol–water partition coefficient (Wildman–Crippen LogP) is 6.02. The summed E-state index contributed by atoms with van der Waals surface area (Å²) in [6.45, 7) is 2.40. The Hall–Kier alpha value is -3.59. The molecule has 0 bridgehead atoms. The minimum absolute atomic E-state index is 0.179. The maximum atomic E-state index is 11.7. The van der Waals surface area contributed by atoms with E-state index in [1.807, 2.05) is 48.5 Å². The van der Waals surface area contributed by atoms with Crippen LogP contribution < -0.4 is 4.74 Å². The van der Waals surface area contributed by atoms with Gasteiger partial charge in [0.2, 0.25) is 0 Å². The van der Waals surface area contributed by atoms with Crippen LogP contribution in [0.5, 0.6) is 5.75 Å². The van der Waals surface area contributed by atoms with Crippen molar-refractivity contribution in [1.29, 1.82) is 0 Å². The Morgan fingerprint density at radius 2 is 1.59 bits per heavy atom. The van der Waals surface area contributed by atoms with Crippen molar-refractivity contribution in [2.45, 2.75) is 20.0 Å². The average molecular weight is 382 g/mol. The van der Waals surface area contributed by atoms with Gasteiger partial charge in [-0.3, -0.25) is 0 Å². The minimum atomic E-state index is -0.986. The van der Waals surface area contributed by atoms with E-state index in [1.165, 1.54) is 11.1 Å². The lowest BCUT2D eigenvalue weighted by atomic mass is 9.99. The van der Waals surface area contributed by atoms with Crippen molar-refractivity contribution in [2.24, 2.45) is 0 Å². The lowest BCUT2D eigenvalue weighted by molar-refractivity contribution is 0.0692. The summed E-state index contributed by atoms with van der Waals surface area (Å²) in [7, 11) is 0. The molecule has 4 aromatic rings. The number of carboxylic acids is 1. The highest BCUT2D eigenvalue weighted by atomic mass is 16.5. The molecule has 0 saturated heterocycles. The van der Waals surface area contributed by atoms with E-state index in [2.05, 4.69) is 37.3 Å². The molecule has 0 aliphatic rings. The Morgan fingerprint density at radius 3 is 2.41 bits per heavy atom. The van der Waals surface area contributed by atoms with Crippen LogP contribution in [0.2, 0.25) is 0 Å². The molecule has 3 nitrogen and oxygen atoms in total. The van der Waals surface area contributed by atoms with E-state index in [1.54, 1.807) is 6.07 Å². The van der Waals surface area contributed by atoms with Gasteiger partial charge in [-0.1, -0.05) is 72.8 Å². The number of fused-ring (bicyclic) bond motifs is 1. The largest absolute Gasteiger partial charge is 0.488 e. The molecule has 144 valence electrons. The zero-order valence-electron chi connectivity index (χ0n) is 16.3. The van der Waals surface area contributed by atoms with Crippen LogP contribution in [0.25, 0.3) is 10.8 Å². The molecular formula is C26H22O3. The minimum Gasteiger partial charge on any atom is -0.488 e. The topological polar surface area (TPSA) is 46.5 Å². The third kappa shape index (κ3) is 4.14. The second-order valence-corrected chi connectivity index (χ2v) is 7.17. The normalized spacial score (nSPS) is 10.8. The molecule has 0 saturated carbocycles. The highest BCUT2D eigenvalue weighted by molar-refractivity contribution is 5.91. The van der Waals surface area contributed by atoms with Crippen LogP contribution in [0.3, 0.4) is 0 Å². The van der Waals surface area contributed by atoms with Crippen molar-refractivity contribution in [3.8, 4) is 5.75 Å². The first-order valence-electron chi connectivity index (χ1n) is 9.62. The van der Waals surface area contributed by atoms with Crippen LogP contribution in [-0.4, -0.2) is 11.1 Å². The summed E-state index contributed by atoms with van der Waals surface area (Å²) >= 11 is 0. The standard InChI is InChI=1S/C26H22O3/c1-18-7-2-3-9-21(18)15-19-13-14-24(26(27)28)25(16-19)29-17-22-11-6-10-20-8-4-5-12-23(20)22/h2-14,16H,15,17H2,1H3,(H,27,28). The molecule has 0 amide bonds. The van der Waals surface area contributed by atoms with Gasteiger partial charge >= 0.3 is 5.97 Å². The summed E-state index contributed by atoms with van der Waals surface area (Å²) in [4.78, 5) is 11.7. The molecular weight excluding hydrogens is 360 g/mol. The molecule has 0 atom stereocenters. The van der Waals surface area contributed by atoms with Crippen molar-refractivity contribution in [3.05, 3.63) is 113 Å². The number of carbonyl (C=O) groups is 1. The Kier molecular flexibility index (Phi) is 5.30. The van der Waals surface area contributed by atoms with Crippen molar-refractivity contribution in [3.63, 3.8) is 0 Å². The molecule has 0 heterocycles. The number of carboxylic acid groups (broad SMARTS) is 1. The van der Waals surface area contributed by atoms with E-state index in [-0.39, 0.29) is 5.56 Å². The average Bonchev–Trinajstić information content (AvgIpc) is 2.74. The molecule has 1 N–H and O–H groups in total. The third-order valence-corrected chi connectivity index (χ3v) is 5.20. The maximum Gasteiger partial charge on any atom is 0.339 e. The zero-order chi connectivity index (χ0) is 20.2. The Balaban J connectivity index is 1.63. The fourth-order valence-corrected chi connectivity index (χ4v) is 3.58. The fraction of sp³-hybridized carbons (Fsp3) is 0.115. The highest BCUT2D eigenvalue weighted by Gasteiger charge is 2.13. The number of aryl methyl sites for hydroxylation is 1. The van der Waals surface area contributed by atoms with Gasteiger partial charge in [0, 0.05) is 0 Å². The predicted molar refractivity (Wildman–Crippen MR) is 116 cm³/mol. The summed E-state index contributed by atoms with van der Waals surface area (Å²) in [5.74, 6) is -0.586. The molecule has 0 aliphatic heterocycles. The first-order valence-corrected chi connectivity index (χ1v) is 9.62. The van der Waals surface area contributed by atoms with Crippen LogP contribution in [0.15, 0.2) is 84.9 Å². The van der Waals surface area contributed by atoms with E-state index in [4.69, 9.17) is 4.74 Å². The second-order valence-electron chi connectivity index (χ2n) is 7.17. The van der Waals surface area contributed by atoms with Crippen LogP contribution in [0, 0.1) is 6.92 Å². The Bertz CT molecular complexity index is 1170. The monoisotopic (exact) mass is 382 g/mol. The zero-order valence-corrected chi connectivity index (χ0v) is 16.3. The van der Waals surface area contributed by atoms with Crippen molar-refractivity contribution in [2.75, 3.05) is 0 Å². The first kappa shape index (κ1) is 18.8. The molecule has 0 fully saturated rings. The van der Waals surface area contributed by atoms with Gasteiger partial charge in [-0.05, 0) is 58.5 Å². The van der Waals surface area contributed by atoms with Gasteiger partial charge in [0.1, 0.15) is 17.9 Å². The molecule has 3 heteroatoms. The summed E-state index contributed by atoms with van der Waals surface area (Å²) in [5, 5.41) is 11.8. The molecule has 0 spiro atoms. The van der Waals surface area contributed by atoms with Gasteiger partial charge in [0.05, 0.1) is 0 Å². The van der Waals surface area contributed by atoms with Gasteiger partial charge in [-0.2, -0.15) is 0 Å². The lowest BCUT2D eigenvalue weighted by Gasteiger charge is -2.13. The Labute approximate surface area is 170 Å². The van der Waals surface area contributed by atoms with E-state index in [0.717, 1.165) is 28.3 Å². The SMILES string of the molecule is Cc1ccccc1Cc1ccc(C(=O)O)c(OCc2cccc3ccccc23)c1. The van der Waals surface area contributed by atoms with Crippen LogP contribution in [0.4, 0.5) is 0 Å². The molecule has 0 aliphatic carbocycles. The summed E-state index contributed by atoms with van der Waals surface area (Å²) < 4.78 is 6.02. The Morgan fingerprint density at radius 1 is 0.862 bits per heavy atom. The second kappa shape index (κ2) is 8.19. The van der Waals surface area contributed by atoms with Crippen molar-refractivity contribution < 1.29 is 14.6 Å².